The molecule has 2 heterocycles. The third kappa shape index (κ3) is 5.42. The Hall–Kier alpha value is -4.04. The fraction of sp³-hybridized carbons (Fsp3) is 0.120. The summed E-state index contributed by atoms with van der Waals surface area (Å²) in [5.74, 6) is -0.112. The van der Waals surface area contributed by atoms with Crippen LogP contribution >= 0.6 is 11.3 Å². The highest BCUT2D eigenvalue weighted by Crippen LogP contribution is 2.29. The molecule has 7 nitrogen and oxygen atoms in total. The minimum atomic E-state index is -0.301. The molecule has 0 radical (unpaired) electrons. The molecule has 4 rings (SSSR count). The largest absolute Gasteiger partial charge is 0.494 e. The Labute approximate surface area is 195 Å². The number of ether oxygens (including phenoxy) is 1. The molecule has 2 aromatic heterocycles. The van der Waals surface area contributed by atoms with E-state index in [0.29, 0.717) is 39.7 Å². The standard InChI is InChI=1S/C25H22N4O3S/c1-16-23(33-22(27-16)13-17-7-4-3-5-8-17)25(31)28-19-10-11-20(21(14-19)32-2)29-24(30)18-9-6-12-26-15-18/h3-12,14-15H,13H2,1-2H3,(H,28,31)(H,29,30). The van der Waals surface area contributed by atoms with Crippen LogP contribution in [0.2, 0.25) is 0 Å². The average Bonchev–Trinajstić information content (AvgIpc) is 3.21. The van der Waals surface area contributed by atoms with Gasteiger partial charge in [0.2, 0.25) is 0 Å². The average molecular weight is 459 g/mol. The Morgan fingerprint density at radius 2 is 1.82 bits per heavy atom. The van der Waals surface area contributed by atoms with Crippen LogP contribution in [0.4, 0.5) is 11.4 Å². The first-order chi connectivity index (χ1) is 16.0. The number of amides is 2. The van der Waals surface area contributed by atoms with Crippen molar-refractivity contribution in [3.05, 3.63) is 99.8 Å². The second-order valence-electron chi connectivity index (χ2n) is 7.25. The summed E-state index contributed by atoms with van der Waals surface area (Å²) in [7, 11) is 1.50. The molecule has 0 spiro atoms. The Bertz CT molecular complexity index is 1270. The Kier molecular flexibility index (Phi) is 6.75. The van der Waals surface area contributed by atoms with E-state index < -0.39 is 0 Å². The predicted octanol–water partition coefficient (Wildman–Crippen LogP) is 4.95. The zero-order valence-corrected chi connectivity index (χ0v) is 19.0. The molecule has 0 unspecified atom stereocenters. The van der Waals surface area contributed by atoms with E-state index in [0.717, 1.165) is 10.6 Å². The fourth-order valence-electron chi connectivity index (χ4n) is 3.26. The van der Waals surface area contributed by atoms with E-state index in [2.05, 4.69) is 20.6 Å². The van der Waals surface area contributed by atoms with Crippen LogP contribution in [-0.2, 0) is 6.42 Å². The topological polar surface area (TPSA) is 93.2 Å². The van der Waals surface area contributed by atoms with Crippen LogP contribution < -0.4 is 15.4 Å². The Morgan fingerprint density at radius 1 is 1.00 bits per heavy atom. The number of aryl methyl sites for hydroxylation is 1. The number of carbonyl (C=O) groups excluding carboxylic acids is 2. The van der Waals surface area contributed by atoms with Crippen molar-refractivity contribution >= 4 is 34.5 Å². The molecule has 0 fully saturated rings. The summed E-state index contributed by atoms with van der Waals surface area (Å²) in [6.07, 6.45) is 3.77. The molecule has 0 aliphatic carbocycles. The first kappa shape index (κ1) is 22.2. The normalized spacial score (nSPS) is 10.5. The Morgan fingerprint density at radius 3 is 2.55 bits per heavy atom. The molecule has 0 bridgehead atoms. The first-order valence-corrected chi connectivity index (χ1v) is 11.1. The summed E-state index contributed by atoms with van der Waals surface area (Å²) < 4.78 is 5.41. The summed E-state index contributed by atoms with van der Waals surface area (Å²) in [5, 5.41) is 6.58. The lowest BCUT2D eigenvalue weighted by atomic mass is 10.2. The second-order valence-corrected chi connectivity index (χ2v) is 8.33. The van der Waals surface area contributed by atoms with Gasteiger partial charge in [-0.1, -0.05) is 30.3 Å². The highest BCUT2D eigenvalue weighted by atomic mass is 32.1. The minimum absolute atomic E-state index is 0.237. The van der Waals surface area contributed by atoms with Crippen molar-refractivity contribution in [2.24, 2.45) is 0 Å². The van der Waals surface area contributed by atoms with Gasteiger partial charge in [-0.05, 0) is 36.8 Å². The number of benzene rings is 2. The molecule has 0 saturated heterocycles. The third-order valence-electron chi connectivity index (χ3n) is 4.88. The number of rotatable bonds is 7. The summed E-state index contributed by atoms with van der Waals surface area (Å²) in [5.41, 5.74) is 3.31. The number of nitrogens with one attached hydrogen (secondary N) is 2. The van der Waals surface area contributed by atoms with E-state index in [1.807, 2.05) is 37.3 Å². The molecule has 0 saturated carbocycles. The van der Waals surface area contributed by atoms with Gasteiger partial charge in [-0.15, -0.1) is 11.3 Å². The van der Waals surface area contributed by atoms with Gasteiger partial charge in [-0.2, -0.15) is 0 Å². The third-order valence-corrected chi connectivity index (χ3v) is 6.03. The number of carbonyl (C=O) groups is 2. The van der Waals surface area contributed by atoms with Gasteiger partial charge in [0.25, 0.3) is 11.8 Å². The number of pyridine rings is 1. The lowest BCUT2D eigenvalue weighted by molar-refractivity contribution is 0.101. The number of methoxy groups -OCH3 is 1. The van der Waals surface area contributed by atoms with Gasteiger partial charge in [0.1, 0.15) is 10.6 Å². The van der Waals surface area contributed by atoms with E-state index in [-0.39, 0.29) is 11.8 Å². The van der Waals surface area contributed by atoms with Gasteiger partial charge in [0, 0.05) is 30.6 Å². The van der Waals surface area contributed by atoms with Crippen molar-refractivity contribution in [3.63, 3.8) is 0 Å². The van der Waals surface area contributed by atoms with Gasteiger partial charge in [-0.25, -0.2) is 4.98 Å². The van der Waals surface area contributed by atoms with Crippen LogP contribution in [-0.4, -0.2) is 28.9 Å². The van der Waals surface area contributed by atoms with Gasteiger partial charge < -0.3 is 15.4 Å². The summed E-state index contributed by atoms with van der Waals surface area (Å²) in [6, 6.07) is 18.4. The minimum Gasteiger partial charge on any atom is -0.494 e. The maximum absolute atomic E-state index is 12.9. The van der Waals surface area contributed by atoms with Crippen molar-refractivity contribution in [2.75, 3.05) is 17.7 Å². The molecule has 33 heavy (non-hydrogen) atoms. The highest BCUT2D eigenvalue weighted by Gasteiger charge is 2.17. The molecule has 0 aliphatic heterocycles. The van der Waals surface area contributed by atoms with Gasteiger partial charge in [-0.3, -0.25) is 14.6 Å². The van der Waals surface area contributed by atoms with E-state index in [1.165, 1.54) is 24.6 Å². The lowest BCUT2D eigenvalue weighted by Crippen LogP contribution is -2.14. The van der Waals surface area contributed by atoms with E-state index in [4.69, 9.17) is 4.74 Å². The van der Waals surface area contributed by atoms with Crippen molar-refractivity contribution in [1.29, 1.82) is 0 Å². The Balaban J connectivity index is 1.46. The van der Waals surface area contributed by atoms with Crippen LogP contribution in [0.5, 0.6) is 5.75 Å². The molecule has 8 heteroatoms. The summed E-state index contributed by atoms with van der Waals surface area (Å²) >= 11 is 1.38. The van der Waals surface area contributed by atoms with E-state index in [1.54, 1.807) is 36.5 Å². The fourth-order valence-corrected chi connectivity index (χ4v) is 4.25. The van der Waals surface area contributed by atoms with Crippen LogP contribution in [0.3, 0.4) is 0 Å². The van der Waals surface area contributed by atoms with Gasteiger partial charge >= 0.3 is 0 Å². The van der Waals surface area contributed by atoms with Gasteiger partial charge in [0.15, 0.2) is 0 Å². The number of hydrogen-bond donors (Lipinski definition) is 2. The van der Waals surface area contributed by atoms with E-state index >= 15 is 0 Å². The van der Waals surface area contributed by atoms with Crippen molar-refractivity contribution in [3.8, 4) is 5.75 Å². The first-order valence-electron chi connectivity index (χ1n) is 10.2. The van der Waals surface area contributed by atoms with Crippen molar-refractivity contribution in [2.45, 2.75) is 13.3 Å². The van der Waals surface area contributed by atoms with Crippen LogP contribution in [0.25, 0.3) is 0 Å². The molecular weight excluding hydrogens is 436 g/mol. The number of hydrogen-bond acceptors (Lipinski definition) is 6. The second kappa shape index (κ2) is 10.1. The number of nitrogens with zero attached hydrogens (tertiary/aromatic N) is 2. The molecule has 0 atom stereocenters. The molecule has 2 aromatic carbocycles. The molecule has 166 valence electrons. The van der Waals surface area contributed by atoms with Crippen LogP contribution in [0.15, 0.2) is 73.1 Å². The molecule has 0 aliphatic rings. The molecule has 2 amide bonds. The zero-order valence-electron chi connectivity index (χ0n) is 18.2. The smallest absolute Gasteiger partial charge is 0.267 e. The maximum Gasteiger partial charge on any atom is 0.267 e. The predicted molar refractivity (Wildman–Crippen MR) is 129 cm³/mol. The lowest BCUT2D eigenvalue weighted by Gasteiger charge is -2.12. The van der Waals surface area contributed by atoms with Gasteiger partial charge in [0.05, 0.1) is 29.1 Å². The van der Waals surface area contributed by atoms with Crippen LogP contribution in [0, 0.1) is 6.92 Å². The SMILES string of the molecule is COc1cc(NC(=O)c2sc(Cc3ccccc3)nc2C)ccc1NC(=O)c1cccnc1. The summed E-state index contributed by atoms with van der Waals surface area (Å²) in [4.78, 5) is 34.4. The monoisotopic (exact) mass is 458 g/mol. The zero-order chi connectivity index (χ0) is 23.2. The molecular formula is C25H22N4O3S. The molecule has 4 aromatic rings. The number of aromatic nitrogens is 2. The maximum atomic E-state index is 12.9. The van der Waals surface area contributed by atoms with Crippen molar-refractivity contribution < 1.29 is 14.3 Å². The highest BCUT2D eigenvalue weighted by molar-refractivity contribution is 7.14. The summed E-state index contributed by atoms with van der Waals surface area (Å²) in [6.45, 7) is 1.83. The van der Waals surface area contributed by atoms with Crippen molar-refractivity contribution in [1.82, 2.24) is 9.97 Å². The van der Waals surface area contributed by atoms with Crippen LogP contribution in [0.1, 0.15) is 36.3 Å². The quantitative estimate of drug-likeness (QED) is 0.409. The van der Waals surface area contributed by atoms with E-state index in [9.17, 15) is 9.59 Å². The number of anilines is 2. The molecule has 2 N–H and O–H groups in total. The number of thiazole rings is 1.